The summed E-state index contributed by atoms with van der Waals surface area (Å²) in [5, 5.41) is 13.1. The fourth-order valence-corrected chi connectivity index (χ4v) is 6.08. The largest absolute Gasteiger partial charge is 0.474 e. The molecule has 1 atom stereocenters. The smallest absolute Gasteiger partial charge is 0.407 e. The third-order valence-electron chi connectivity index (χ3n) is 6.21. The van der Waals surface area contributed by atoms with Crippen LogP contribution >= 0.6 is 11.3 Å². The second-order valence-corrected chi connectivity index (χ2v) is 10.9. The Kier molecular flexibility index (Phi) is 6.85. The number of nitrogens with zero attached hydrogens (tertiary/aromatic N) is 3. The van der Waals surface area contributed by atoms with E-state index in [1.165, 1.54) is 10.4 Å². The Labute approximate surface area is 193 Å². The number of carbonyl (C=O) groups excluding carboxylic acids is 1. The van der Waals surface area contributed by atoms with Gasteiger partial charge in [-0.1, -0.05) is 0 Å². The average Bonchev–Trinajstić information content (AvgIpc) is 3.12. The SMILES string of the molecule is CC(C)(C)OC(=O)N[C@H]1CC[C@H](Oc2ncnc3sc4c(c23)[C@H](CCC#N)CCC4)CC1. The van der Waals surface area contributed by atoms with Crippen LogP contribution in [0.25, 0.3) is 10.2 Å². The maximum absolute atomic E-state index is 12.1. The van der Waals surface area contributed by atoms with Crippen LogP contribution < -0.4 is 10.1 Å². The first-order chi connectivity index (χ1) is 15.3. The van der Waals surface area contributed by atoms with Crippen molar-refractivity contribution in [2.24, 2.45) is 0 Å². The Balaban J connectivity index is 1.44. The predicted octanol–water partition coefficient (Wildman–Crippen LogP) is 5.63. The summed E-state index contributed by atoms with van der Waals surface area (Å²) in [5.41, 5.74) is 0.829. The fourth-order valence-electron chi connectivity index (χ4n) is 4.82. The van der Waals surface area contributed by atoms with E-state index in [1.54, 1.807) is 17.7 Å². The molecular weight excluding hydrogens is 424 g/mol. The van der Waals surface area contributed by atoms with Crippen molar-refractivity contribution in [3.63, 3.8) is 0 Å². The Morgan fingerprint density at radius 3 is 2.75 bits per heavy atom. The van der Waals surface area contributed by atoms with Crippen LogP contribution in [0.2, 0.25) is 0 Å². The second-order valence-electron chi connectivity index (χ2n) is 9.82. The van der Waals surface area contributed by atoms with Gasteiger partial charge in [-0.15, -0.1) is 11.3 Å². The molecule has 8 heteroatoms. The molecule has 2 aliphatic carbocycles. The van der Waals surface area contributed by atoms with Crippen molar-refractivity contribution in [1.82, 2.24) is 15.3 Å². The number of alkyl carbamates (subject to hydrolysis) is 1. The van der Waals surface area contributed by atoms with E-state index < -0.39 is 5.60 Å². The predicted molar refractivity (Wildman–Crippen MR) is 124 cm³/mol. The maximum atomic E-state index is 12.1. The molecule has 0 spiro atoms. The van der Waals surface area contributed by atoms with Crippen LogP contribution in [0.3, 0.4) is 0 Å². The highest BCUT2D eigenvalue weighted by Gasteiger charge is 2.30. The molecule has 32 heavy (non-hydrogen) atoms. The highest BCUT2D eigenvalue weighted by molar-refractivity contribution is 7.18. The van der Waals surface area contributed by atoms with E-state index in [0.29, 0.717) is 18.2 Å². The van der Waals surface area contributed by atoms with E-state index in [9.17, 15) is 4.79 Å². The van der Waals surface area contributed by atoms with Crippen LogP contribution in [-0.2, 0) is 11.2 Å². The van der Waals surface area contributed by atoms with E-state index >= 15 is 0 Å². The Morgan fingerprint density at radius 1 is 1.25 bits per heavy atom. The molecule has 1 N–H and O–H groups in total. The molecule has 2 heterocycles. The van der Waals surface area contributed by atoms with Crippen molar-refractivity contribution < 1.29 is 14.3 Å². The summed E-state index contributed by atoms with van der Waals surface area (Å²) in [7, 11) is 0. The molecule has 1 saturated carbocycles. The number of thiophene rings is 1. The number of nitriles is 1. The lowest BCUT2D eigenvalue weighted by Gasteiger charge is -2.30. The third kappa shape index (κ3) is 5.32. The number of aromatic nitrogens is 2. The number of ether oxygens (including phenoxy) is 2. The van der Waals surface area contributed by atoms with E-state index in [2.05, 4.69) is 21.4 Å². The van der Waals surface area contributed by atoms with Gasteiger partial charge in [0.15, 0.2) is 0 Å². The van der Waals surface area contributed by atoms with Crippen LogP contribution in [0, 0.1) is 11.3 Å². The van der Waals surface area contributed by atoms with Gasteiger partial charge < -0.3 is 14.8 Å². The summed E-state index contributed by atoms with van der Waals surface area (Å²) in [5.74, 6) is 1.06. The maximum Gasteiger partial charge on any atom is 0.407 e. The normalized spacial score (nSPS) is 23.2. The van der Waals surface area contributed by atoms with Gasteiger partial charge in [-0.3, -0.25) is 0 Å². The van der Waals surface area contributed by atoms with Crippen LogP contribution in [-0.4, -0.2) is 33.8 Å². The van der Waals surface area contributed by atoms with E-state index in [0.717, 1.165) is 61.6 Å². The topological polar surface area (TPSA) is 97.1 Å². The highest BCUT2D eigenvalue weighted by atomic mass is 32.1. The number of nitrogens with one attached hydrogen (secondary N) is 1. The van der Waals surface area contributed by atoms with Crippen molar-refractivity contribution in [2.75, 3.05) is 0 Å². The number of amides is 1. The number of aryl methyl sites for hydroxylation is 1. The molecule has 172 valence electrons. The lowest BCUT2D eigenvalue weighted by Crippen LogP contribution is -2.42. The summed E-state index contributed by atoms with van der Waals surface area (Å²) in [6.45, 7) is 5.61. The molecule has 0 aromatic carbocycles. The van der Waals surface area contributed by atoms with Gasteiger partial charge in [0.25, 0.3) is 0 Å². The number of hydrogen-bond acceptors (Lipinski definition) is 7. The lowest BCUT2D eigenvalue weighted by molar-refractivity contribution is 0.0470. The molecule has 0 radical (unpaired) electrons. The molecule has 2 aliphatic rings. The van der Waals surface area contributed by atoms with Crippen LogP contribution in [0.4, 0.5) is 4.79 Å². The zero-order valence-corrected chi connectivity index (χ0v) is 20.0. The zero-order chi connectivity index (χ0) is 22.7. The molecule has 1 amide bonds. The molecule has 1 fully saturated rings. The first kappa shape index (κ1) is 22.8. The summed E-state index contributed by atoms with van der Waals surface area (Å²) in [6.07, 6.45) is 9.52. The summed E-state index contributed by atoms with van der Waals surface area (Å²) >= 11 is 1.75. The third-order valence-corrected chi connectivity index (χ3v) is 7.38. The number of fused-ring (bicyclic) bond motifs is 3. The van der Waals surface area contributed by atoms with E-state index in [4.69, 9.17) is 14.7 Å². The van der Waals surface area contributed by atoms with Gasteiger partial charge in [-0.25, -0.2) is 14.8 Å². The Hall–Kier alpha value is -2.40. The quantitative estimate of drug-likeness (QED) is 0.626. The molecule has 0 unspecified atom stereocenters. The van der Waals surface area contributed by atoms with Gasteiger partial charge >= 0.3 is 6.09 Å². The summed E-state index contributed by atoms with van der Waals surface area (Å²) in [4.78, 5) is 23.5. The van der Waals surface area contributed by atoms with Crippen molar-refractivity contribution in [3.8, 4) is 11.9 Å². The minimum absolute atomic E-state index is 0.0708. The molecule has 2 aromatic rings. The van der Waals surface area contributed by atoms with Crippen LogP contribution in [0.5, 0.6) is 5.88 Å². The van der Waals surface area contributed by atoms with Crippen molar-refractivity contribution >= 4 is 27.6 Å². The van der Waals surface area contributed by atoms with Gasteiger partial charge in [0, 0.05) is 17.3 Å². The zero-order valence-electron chi connectivity index (χ0n) is 19.1. The van der Waals surface area contributed by atoms with Crippen molar-refractivity contribution in [2.45, 2.75) is 102 Å². The van der Waals surface area contributed by atoms with Gasteiger partial charge in [-0.2, -0.15) is 5.26 Å². The minimum Gasteiger partial charge on any atom is -0.474 e. The number of carbonyl (C=O) groups is 1. The van der Waals surface area contributed by atoms with Crippen LogP contribution in [0.15, 0.2) is 6.33 Å². The van der Waals surface area contributed by atoms with Crippen molar-refractivity contribution in [1.29, 1.82) is 5.26 Å². The van der Waals surface area contributed by atoms with E-state index in [1.807, 2.05) is 20.8 Å². The van der Waals surface area contributed by atoms with Gasteiger partial charge in [0.2, 0.25) is 5.88 Å². The Morgan fingerprint density at radius 2 is 2.03 bits per heavy atom. The standard InChI is InChI=1S/C24H32N4O3S/c1-24(2,3)31-23(29)28-16-9-11-17(12-10-16)30-21-20-19-15(7-5-13-25)6-4-8-18(19)32-22(20)27-14-26-21/h14-17H,4-12H2,1-3H3,(H,28,29)/t15-,16-,17-/m0/s1. The molecule has 2 aromatic heterocycles. The van der Waals surface area contributed by atoms with Crippen molar-refractivity contribution in [3.05, 3.63) is 16.8 Å². The Bertz CT molecular complexity index is 999. The number of hydrogen-bond donors (Lipinski definition) is 1. The molecule has 4 rings (SSSR count). The molecule has 0 bridgehead atoms. The lowest BCUT2D eigenvalue weighted by atomic mass is 9.83. The van der Waals surface area contributed by atoms with Gasteiger partial charge in [0.1, 0.15) is 22.9 Å². The number of rotatable bonds is 5. The minimum atomic E-state index is -0.493. The van der Waals surface area contributed by atoms with Gasteiger partial charge in [0.05, 0.1) is 11.5 Å². The summed E-state index contributed by atoms with van der Waals surface area (Å²) in [6, 6.07) is 2.41. The molecule has 0 saturated heterocycles. The first-order valence-electron chi connectivity index (χ1n) is 11.6. The summed E-state index contributed by atoms with van der Waals surface area (Å²) < 4.78 is 11.8. The molecule has 0 aliphatic heterocycles. The molecule has 7 nitrogen and oxygen atoms in total. The fraction of sp³-hybridized carbons (Fsp3) is 0.667. The van der Waals surface area contributed by atoms with Gasteiger partial charge in [-0.05, 0) is 83.6 Å². The van der Waals surface area contributed by atoms with E-state index in [-0.39, 0.29) is 18.2 Å². The average molecular weight is 457 g/mol. The monoisotopic (exact) mass is 456 g/mol. The molecular formula is C24H32N4O3S. The second kappa shape index (κ2) is 9.62. The van der Waals surface area contributed by atoms with Crippen LogP contribution in [0.1, 0.15) is 88.5 Å². The highest BCUT2D eigenvalue weighted by Crippen LogP contribution is 2.46. The first-order valence-corrected chi connectivity index (χ1v) is 12.4.